The molecule has 1 heterocycles. The summed E-state index contributed by atoms with van der Waals surface area (Å²) in [4.78, 5) is 14.8. The number of rotatable bonds is 3. The summed E-state index contributed by atoms with van der Waals surface area (Å²) in [6.45, 7) is 5.86. The molecule has 0 fully saturated rings. The number of hydrogen-bond acceptors (Lipinski definition) is 4. The Morgan fingerprint density at radius 2 is 2.06 bits per heavy atom. The molecule has 0 atom stereocenters. The summed E-state index contributed by atoms with van der Waals surface area (Å²) in [5.74, 6) is -0.164. The van der Waals surface area contributed by atoms with Gasteiger partial charge in [-0.2, -0.15) is 13.2 Å². The zero-order valence-electron chi connectivity index (χ0n) is 10.1. The minimum Gasteiger partial charge on any atom is -0.301 e. The quantitative estimate of drug-likeness (QED) is 0.926. The molecule has 1 aromatic heterocycles. The number of anilines is 1. The Morgan fingerprint density at radius 1 is 1.44 bits per heavy atom. The first kappa shape index (κ1) is 15.3. The number of thiazole rings is 1. The van der Waals surface area contributed by atoms with Crippen LogP contribution in [0.15, 0.2) is 5.38 Å². The molecule has 0 saturated heterocycles. The van der Waals surface area contributed by atoms with E-state index in [1.165, 1.54) is 11.8 Å². The van der Waals surface area contributed by atoms with Crippen LogP contribution in [0.25, 0.3) is 0 Å². The highest BCUT2D eigenvalue weighted by Gasteiger charge is 2.33. The van der Waals surface area contributed by atoms with Crippen LogP contribution in [0.2, 0.25) is 0 Å². The molecule has 0 spiro atoms. The molecule has 1 N–H and O–H groups in total. The number of alkyl halides is 3. The van der Waals surface area contributed by atoms with Gasteiger partial charge < -0.3 is 5.32 Å². The van der Waals surface area contributed by atoms with Crippen molar-refractivity contribution in [2.75, 3.05) is 11.1 Å². The molecule has 0 aromatic carbocycles. The van der Waals surface area contributed by atoms with E-state index in [2.05, 4.69) is 10.3 Å². The van der Waals surface area contributed by atoms with Crippen LogP contribution in [0.4, 0.5) is 18.3 Å². The molecule has 3 nitrogen and oxygen atoms in total. The largest absolute Gasteiger partial charge is 0.434 e. The van der Waals surface area contributed by atoms with Crippen molar-refractivity contribution < 1.29 is 18.0 Å². The molecule has 0 aliphatic rings. The zero-order valence-corrected chi connectivity index (χ0v) is 11.7. The molecule has 1 rings (SSSR count). The standard InChI is InChI=1S/C10H13F3N2OS2/c1-9(2,3)18-5-7(16)15-8-14-6(4-17-8)10(11,12)13/h4H,5H2,1-3H3,(H,14,15,16). The molecule has 1 aromatic rings. The van der Waals surface area contributed by atoms with E-state index in [9.17, 15) is 18.0 Å². The Morgan fingerprint density at radius 3 is 2.50 bits per heavy atom. The maximum atomic E-state index is 12.3. The Balaban J connectivity index is 2.53. The fraction of sp³-hybridized carbons (Fsp3) is 0.600. The minimum absolute atomic E-state index is 0.0261. The van der Waals surface area contributed by atoms with Gasteiger partial charge in [0.15, 0.2) is 10.8 Å². The van der Waals surface area contributed by atoms with Crippen LogP contribution in [0.1, 0.15) is 26.5 Å². The number of amides is 1. The van der Waals surface area contributed by atoms with Crippen molar-refractivity contribution in [2.24, 2.45) is 0 Å². The van der Waals surface area contributed by atoms with Crippen LogP contribution in [0.5, 0.6) is 0 Å². The van der Waals surface area contributed by atoms with Crippen molar-refractivity contribution in [1.82, 2.24) is 4.98 Å². The molecule has 8 heteroatoms. The van der Waals surface area contributed by atoms with Crippen molar-refractivity contribution in [3.8, 4) is 0 Å². The highest BCUT2D eigenvalue weighted by molar-refractivity contribution is 8.01. The maximum absolute atomic E-state index is 12.3. The molecule has 0 unspecified atom stereocenters. The lowest BCUT2D eigenvalue weighted by Crippen LogP contribution is -2.19. The highest BCUT2D eigenvalue weighted by atomic mass is 32.2. The van der Waals surface area contributed by atoms with Crippen molar-refractivity contribution in [3.05, 3.63) is 11.1 Å². The molecule has 18 heavy (non-hydrogen) atoms. The first-order chi connectivity index (χ1) is 8.08. The molecule has 0 aliphatic heterocycles. The number of nitrogens with one attached hydrogen (secondary N) is 1. The van der Waals surface area contributed by atoms with Crippen LogP contribution < -0.4 is 5.32 Å². The van der Waals surface area contributed by atoms with Crippen LogP contribution in [-0.2, 0) is 11.0 Å². The Hall–Kier alpha value is -0.760. The fourth-order valence-corrected chi connectivity index (χ4v) is 2.27. The highest BCUT2D eigenvalue weighted by Crippen LogP contribution is 2.31. The second-order valence-corrected chi connectivity index (χ2v) is 7.15. The van der Waals surface area contributed by atoms with E-state index in [-0.39, 0.29) is 21.5 Å². The van der Waals surface area contributed by atoms with Crippen molar-refractivity contribution >= 4 is 34.1 Å². The van der Waals surface area contributed by atoms with Gasteiger partial charge in [-0.1, -0.05) is 20.8 Å². The van der Waals surface area contributed by atoms with Gasteiger partial charge in [0, 0.05) is 10.1 Å². The number of nitrogens with zero attached hydrogens (tertiary/aromatic N) is 1. The fourth-order valence-electron chi connectivity index (χ4n) is 0.899. The van der Waals surface area contributed by atoms with Crippen LogP contribution in [0.3, 0.4) is 0 Å². The molecule has 0 bridgehead atoms. The number of aromatic nitrogens is 1. The van der Waals surface area contributed by atoms with Gasteiger partial charge in [-0.05, 0) is 0 Å². The number of carbonyl (C=O) groups excluding carboxylic acids is 1. The van der Waals surface area contributed by atoms with Gasteiger partial charge in [0.05, 0.1) is 5.75 Å². The van der Waals surface area contributed by atoms with Crippen molar-refractivity contribution in [2.45, 2.75) is 31.7 Å². The van der Waals surface area contributed by atoms with Gasteiger partial charge in [-0.15, -0.1) is 23.1 Å². The van der Waals surface area contributed by atoms with E-state index < -0.39 is 11.9 Å². The van der Waals surface area contributed by atoms with Crippen molar-refractivity contribution in [3.63, 3.8) is 0 Å². The molecule has 1 amide bonds. The second kappa shape index (κ2) is 5.48. The summed E-state index contributed by atoms with van der Waals surface area (Å²) in [7, 11) is 0. The molecular weight excluding hydrogens is 285 g/mol. The minimum atomic E-state index is -4.47. The molecular formula is C10H13F3N2OS2. The average molecular weight is 298 g/mol. The third-order valence-corrected chi connectivity index (χ3v) is 3.71. The third kappa shape index (κ3) is 5.26. The molecule has 102 valence electrons. The Labute approximate surface area is 111 Å². The smallest absolute Gasteiger partial charge is 0.301 e. The number of carbonyl (C=O) groups is 1. The number of halogens is 3. The zero-order chi connectivity index (χ0) is 14.0. The summed E-state index contributed by atoms with van der Waals surface area (Å²) in [5.41, 5.74) is -0.980. The molecule has 0 aliphatic carbocycles. The normalized spacial score (nSPS) is 12.6. The predicted molar refractivity (Wildman–Crippen MR) is 68.0 cm³/mol. The van der Waals surface area contributed by atoms with Crippen LogP contribution in [0, 0.1) is 0 Å². The predicted octanol–water partition coefficient (Wildman–Crippen LogP) is 3.63. The summed E-state index contributed by atoms with van der Waals surface area (Å²) in [6.07, 6.45) is -4.47. The topological polar surface area (TPSA) is 42.0 Å². The van der Waals surface area contributed by atoms with Gasteiger partial charge in [0.1, 0.15) is 0 Å². The summed E-state index contributed by atoms with van der Waals surface area (Å²) in [6, 6.07) is 0. The molecule has 0 radical (unpaired) electrons. The van der Waals surface area contributed by atoms with E-state index in [4.69, 9.17) is 0 Å². The van der Waals surface area contributed by atoms with Crippen LogP contribution >= 0.6 is 23.1 Å². The third-order valence-electron chi connectivity index (χ3n) is 1.68. The lowest BCUT2D eigenvalue weighted by Gasteiger charge is -2.16. The number of hydrogen-bond donors (Lipinski definition) is 1. The first-order valence-electron chi connectivity index (χ1n) is 5.04. The summed E-state index contributed by atoms with van der Waals surface area (Å²) < 4.78 is 36.7. The lowest BCUT2D eigenvalue weighted by atomic mass is 10.3. The van der Waals surface area contributed by atoms with Gasteiger partial charge in [0.25, 0.3) is 0 Å². The van der Waals surface area contributed by atoms with E-state index in [1.807, 2.05) is 20.8 Å². The average Bonchev–Trinajstić information content (AvgIpc) is 2.61. The van der Waals surface area contributed by atoms with E-state index in [0.29, 0.717) is 0 Å². The van der Waals surface area contributed by atoms with E-state index >= 15 is 0 Å². The Bertz CT molecular complexity index is 423. The van der Waals surface area contributed by atoms with E-state index in [1.54, 1.807) is 0 Å². The van der Waals surface area contributed by atoms with Gasteiger partial charge in [-0.3, -0.25) is 4.79 Å². The maximum Gasteiger partial charge on any atom is 0.434 e. The van der Waals surface area contributed by atoms with Crippen molar-refractivity contribution in [1.29, 1.82) is 0 Å². The van der Waals surface area contributed by atoms with Gasteiger partial charge in [-0.25, -0.2) is 4.98 Å². The SMILES string of the molecule is CC(C)(C)SCC(=O)Nc1nc(C(F)(F)F)cs1. The Kier molecular flexibility index (Phi) is 4.66. The van der Waals surface area contributed by atoms with E-state index in [0.717, 1.165) is 16.7 Å². The van der Waals surface area contributed by atoms with Crippen LogP contribution in [-0.4, -0.2) is 21.4 Å². The van der Waals surface area contributed by atoms with Gasteiger partial charge >= 0.3 is 6.18 Å². The second-order valence-electron chi connectivity index (χ2n) is 4.48. The summed E-state index contributed by atoms with van der Waals surface area (Å²) in [5, 5.41) is 3.21. The monoisotopic (exact) mass is 298 g/mol. The number of thioether (sulfide) groups is 1. The summed E-state index contributed by atoms with van der Waals surface area (Å²) >= 11 is 2.18. The van der Waals surface area contributed by atoms with Gasteiger partial charge in [0.2, 0.25) is 5.91 Å². The molecule has 0 saturated carbocycles. The lowest BCUT2D eigenvalue weighted by molar-refractivity contribution is -0.140. The first-order valence-corrected chi connectivity index (χ1v) is 6.91.